The summed E-state index contributed by atoms with van der Waals surface area (Å²) in [7, 11) is 0. The number of carbonyl (C=O) groups excluding carboxylic acids is 1. The molecule has 7 nitrogen and oxygen atoms in total. The number of fused-ring (bicyclic) bond motifs is 1. The van der Waals surface area contributed by atoms with Gasteiger partial charge in [-0.3, -0.25) is 18.9 Å². The van der Waals surface area contributed by atoms with Gasteiger partial charge in [0.2, 0.25) is 5.91 Å². The third-order valence-electron chi connectivity index (χ3n) is 5.44. The first kappa shape index (κ1) is 20.2. The van der Waals surface area contributed by atoms with Crippen LogP contribution in [0, 0.1) is 5.82 Å². The molecule has 1 saturated heterocycles. The summed E-state index contributed by atoms with van der Waals surface area (Å²) in [5.74, 6) is -0.302. The van der Waals surface area contributed by atoms with Gasteiger partial charge in [0.15, 0.2) is 5.65 Å². The van der Waals surface area contributed by atoms with E-state index in [1.54, 1.807) is 36.5 Å². The van der Waals surface area contributed by atoms with E-state index in [-0.39, 0.29) is 36.2 Å². The third-order valence-corrected chi connectivity index (χ3v) is 5.44. The van der Waals surface area contributed by atoms with Crippen molar-refractivity contribution < 1.29 is 9.18 Å². The zero-order chi connectivity index (χ0) is 20.9. The Morgan fingerprint density at radius 3 is 2.63 bits per heavy atom. The van der Waals surface area contributed by atoms with Crippen LogP contribution in [0.15, 0.2) is 53.5 Å². The molecule has 1 fully saturated rings. The zero-order valence-electron chi connectivity index (χ0n) is 16.6. The van der Waals surface area contributed by atoms with Gasteiger partial charge >= 0.3 is 0 Å². The van der Waals surface area contributed by atoms with Gasteiger partial charge in [0.25, 0.3) is 5.56 Å². The molecule has 1 aliphatic heterocycles. The molecule has 0 unspecified atom stereocenters. The highest BCUT2D eigenvalue weighted by Gasteiger charge is 2.21. The number of rotatable bonds is 6. The van der Waals surface area contributed by atoms with E-state index in [4.69, 9.17) is 0 Å². The fourth-order valence-electron chi connectivity index (χ4n) is 3.75. The Hall–Kier alpha value is -3.13. The number of piperidine rings is 1. The third kappa shape index (κ3) is 4.88. The van der Waals surface area contributed by atoms with Crippen LogP contribution in [0.1, 0.15) is 30.5 Å². The Bertz CT molecular complexity index is 1070. The number of benzene rings is 1. The molecule has 0 aliphatic carbocycles. The summed E-state index contributed by atoms with van der Waals surface area (Å²) in [6.07, 6.45) is 3.85. The Morgan fingerprint density at radius 1 is 1.10 bits per heavy atom. The van der Waals surface area contributed by atoms with Gasteiger partial charge in [0.05, 0.1) is 0 Å². The predicted molar refractivity (Wildman–Crippen MR) is 110 cm³/mol. The van der Waals surface area contributed by atoms with E-state index in [1.807, 2.05) is 0 Å². The van der Waals surface area contributed by atoms with Crippen molar-refractivity contribution in [2.75, 3.05) is 13.1 Å². The van der Waals surface area contributed by atoms with Gasteiger partial charge in [-0.05, 0) is 42.7 Å². The lowest BCUT2D eigenvalue weighted by molar-refractivity contribution is -0.122. The molecule has 1 aliphatic rings. The summed E-state index contributed by atoms with van der Waals surface area (Å²) in [6.45, 7) is 2.53. The van der Waals surface area contributed by atoms with E-state index in [2.05, 4.69) is 20.4 Å². The fourth-order valence-corrected chi connectivity index (χ4v) is 3.75. The first-order chi connectivity index (χ1) is 14.6. The summed E-state index contributed by atoms with van der Waals surface area (Å²) in [5.41, 5.74) is 1.63. The van der Waals surface area contributed by atoms with Crippen molar-refractivity contribution in [3.8, 4) is 0 Å². The number of likely N-dealkylation sites (tertiary alicyclic amines) is 1. The molecule has 0 spiro atoms. The first-order valence-electron chi connectivity index (χ1n) is 10.2. The van der Waals surface area contributed by atoms with Crippen molar-refractivity contribution in [1.82, 2.24) is 24.8 Å². The fraction of sp³-hybridized carbons (Fsp3) is 0.364. The minimum Gasteiger partial charge on any atom is -0.353 e. The lowest BCUT2D eigenvalue weighted by atomic mass is 10.0. The predicted octanol–water partition coefficient (Wildman–Crippen LogP) is 1.94. The molecule has 3 aromatic rings. The molecule has 30 heavy (non-hydrogen) atoms. The van der Waals surface area contributed by atoms with Crippen molar-refractivity contribution in [3.05, 3.63) is 76.1 Å². The molecule has 0 bridgehead atoms. The van der Waals surface area contributed by atoms with Crippen LogP contribution in [0.2, 0.25) is 0 Å². The highest BCUT2D eigenvalue weighted by Crippen LogP contribution is 2.14. The van der Waals surface area contributed by atoms with Gasteiger partial charge in [-0.2, -0.15) is 0 Å². The largest absolute Gasteiger partial charge is 0.353 e. The summed E-state index contributed by atoms with van der Waals surface area (Å²) < 4.78 is 14.5. The zero-order valence-corrected chi connectivity index (χ0v) is 16.6. The monoisotopic (exact) mass is 409 g/mol. The van der Waals surface area contributed by atoms with Crippen LogP contribution in [-0.2, 0) is 17.8 Å². The quantitative estimate of drug-likeness (QED) is 0.673. The Balaban J connectivity index is 1.24. The molecule has 0 saturated carbocycles. The molecule has 3 heterocycles. The molecular formula is C22H24FN5O2. The second-order valence-corrected chi connectivity index (χ2v) is 7.63. The standard InChI is InChI=1S/C22H24FN5O2/c23-17-6-4-16(5-7-17)15-27-13-10-18(11-14-27)24-21(29)9-8-19-22(30)28-12-2-1-3-20(28)26-25-19/h1-7,12,18H,8-11,13-15H2,(H,24,29). The number of halogens is 1. The van der Waals surface area contributed by atoms with Crippen molar-refractivity contribution >= 4 is 11.6 Å². The van der Waals surface area contributed by atoms with Gasteiger partial charge < -0.3 is 5.32 Å². The molecule has 1 amide bonds. The van der Waals surface area contributed by atoms with E-state index in [9.17, 15) is 14.0 Å². The molecular weight excluding hydrogens is 385 g/mol. The van der Waals surface area contributed by atoms with E-state index in [1.165, 1.54) is 16.5 Å². The topological polar surface area (TPSA) is 79.6 Å². The minimum atomic E-state index is -0.234. The van der Waals surface area contributed by atoms with E-state index < -0.39 is 0 Å². The number of nitrogens with zero attached hydrogens (tertiary/aromatic N) is 4. The van der Waals surface area contributed by atoms with Crippen LogP contribution < -0.4 is 10.9 Å². The first-order valence-corrected chi connectivity index (χ1v) is 10.2. The van der Waals surface area contributed by atoms with Crippen LogP contribution in [0.4, 0.5) is 4.39 Å². The summed E-state index contributed by atoms with van der Waals surface area (Å²) >= 11 is 0. The smallest absolute Gasteiger partial charge is 0.279 e. The number of hydrogen-bond donors (Lipinski definition) is 1. The van der Waals surface area contributed by atoms with Crippen LogP contribution in [0.25, 0.3) is 5.65 Å². The van der Waals surface area contributed by atoms with Crippen LogP contribution >= 0.6 is 0 Å². The molecule has 1 aromatic carbocycles. The van der Waals surface area contributed by atoms with E-state index >= 15 is 0 Å². The summed E-state index contributed by atoms with van der Waals surface area (Å²) in [5, 5.41) is 11.1. The van der Waals surface area contributed by atoms with Gasteiger partial charge in [-0.1, -0.05) is 18.2 Å². The second-order valence-electron chi connectivity index (χ2n) is 7.63. The maximum absolute atomic E-state index is 13.0. The normalized spacial score (nSPS) is 15.4. The lowest BCUT2D eigenvalue weighted by Gasteiger charge is -2.32. The van der Waals surface area contributed by atoms with Gasteiger partial charge in [-0.15, -0.1) is 10.2 Å². The number of aryl methyl sites for hydroxylation is 1. The molecule has 1 N–H and O–H groups in total. The molecule has 8 heteroatoms. The van der Waals surface area contributed by atoms with Gasteiger partial charge in [0, 0.05) is 44.7 Å². The van der Waals surface area contributed by atoms with Crippen molar-refractivity contribution in [2.24, 2.45) is 0 Å². The number of amides is 1. The molecule has 2 aromatic heterocycles. The van der Waals surface area contributed by atoms with Crippen molar-refractivity contribution in [3.63, 3.8) is 0 Å². The molecule has 4 rings (SSSR count). The van der Waals surface area contributed by atoms with Crippen LogP contribution in [-0.4, -0.2) is 44.5 Å². The summed E-state index contributed by atoms with van der Waals surface area (Å²) in [6, 6.07) is 12.0. The van der Waals surface area contributed by atoms with Crippen LogP contribution in [0.5, 0.6) is 0 Å². The Morgan fingerprint density at radius 2 is 1.87 bits per heavy atom. The average Bonchev–Trinajstić information content (AvgIpc) is 2.76. The van der Waals surface area contributed by atoms with Gasteiger partial charge in [0.1, 0.15) is 11.5 Å². The van der Waals surface area contributed by atoms with Gasteiger partial charge in [-0.25, -0.2) is 4.39 Å². The van der Waals surface area contributed by atoms with Crippen LogP contribution in [0.3, 0.4) is 0 Å². The molecule has 156 valence electrons. The highest BCUT2D eigenvalue weighted by atomic mass is 19.1. The number of aromatic nitrogens is 3. The minimum absolute atomic E-state index is 0.0775. The second kappa shape index (κ2) is 9.13. The van der Waals surface area contributed by atoms with Crippen molar-refractivity contribution in [2.45, 2.75) is 38.3 Å². The Labute approximate surface area is 173 Å². The number of nitrogens with one attached hydrogen (secondary N) is 1. The lowest BCUT2D eigenvalue weighted by Crippen LogP contribution is -2.44. The Kier molecular flexibility index (Phi) is 6.13. The van der Waals surface area contributed by atoms with Crippen molar-refractivity contribution in [1.29, 1.82) is 0 Å². The van der Waals surface area contributed by atoms with E-state index in [0.29, 0.717) is 11.3 Å². The maximum Gasteiger partial charge on any atom is 0.279 e. The SMILES string of the molecule is O=C(CCc1nnc2ccccn2c1=O)NC1CCN(Cc2ccc(F)cc2)CC1. The number of carbonyl (C=O) groups is 1. The number of hydrogen-bond acceptors (Lipinski definition) is 5. The molecule has 0 atom stereocenters. The van der Waals surface area contributed by atoms with E-state index in [0.717, 1.165) is 38.0 Å². The average molecular weight is 409 g/mol. The number of pyridine rings is 1. The maximum atomic E-state index is 13.0. The summed E-state index contributed by atoms with van der Waals surface area (Å²) in [4.78, 5) is 27.1. The highest BCUT2D eigenvalue weighted by molar-refractivity contribution is 5.76. The molecule has 0 radical (unpaired) electrons.